The number of piperidine rings is 1. The van der Waals surface area contributed by atoms with Gasteiger partial charge in [-0.3, -0.25) is 15.0 Å². The molecule has 1 saturated carbocycles. The number of carbonyl (C=O) groups excluding carboxylic acids is 3. The molecule has 1 aliphatic carbocycles. The van der Waals surface area contributed by atoms with Gasteiger partial charge in [-0.2, -0.15) is 0 Å². The highest BCUT2D eigenvalue weighted by atomic mass is 32.1. The SMILES string of the molecule is CC(C)(C)C#Cc1cc(N(C(=O)[C@H]2CC[C@H](C)CC2)C2CCN(NC(=O)O[C@@H]3CCNC3=O)CC2)c(C(=O)O)s1. The highest BCUT2D eigenvalue weighted by Gasteiger charge is 2.38. The number of hydrazine groups is 1. The molecule has 4 rings (SSSR count). The van der Waals surface area contributed by atoms with Crippen molar-refractivity contribution >= 4 is 40.9 Å². The van der Waals surface area contributed by atoms with Crippen LogP contribution in [0.4, 0.5) is 10.5 Å². The van der Waals surface area contributed by atoms with Crippen molar-refractivity contribution < 1.29 is 29.0 Å². The summed E-state index contributed by atoms with van der Waals surface area (Å²) in [5.74, 6) is 5.32. The van der Waals surface area contributed by atoms with Crippen molar-refractivity contribution in [1.82, 2.24) is 15.8 Å². The second-order valence-corrected chi connectivity index (χ2v) is 13.2. The number of nitrogens with zero attached hydrogens (tertiary/aromatic N) is 2. The van der Waals surface area contributed by atoms with E-state index in [1.165, 1.54) is 0 Å². The number of aromatic carboxylic acids is 1. The van der Waals surface area contributed by atoms with E-state index in [-0.39, 0.29) is 34.1 Å². The summed E-state index contributed by atoms with van der Waals surface area (Å²) in [6, 6.07) is 1.53. The topological polar surface area (TPSA) is 128 Å². The highest BCUT2D eigenvalue weighted by molar-refractivity contribution is 7.15. The number of hydrogen-bond acceptors (Lipinski definition) is 7. The third-order valence-corrected chi connectivity index (χ3v) is 8.68. The summed E-state index contributed by atoms with van der Waals surface area (Å²) in [4.78, 5) is 52.9. The van der Waals surface area contributed by atoms with Crippen molar-refractivity contribution in [2.24, 2.45) is 17.3 Å². The molecular formula is C29H40N4O6S. The molecule has 1 atom stereocenters. The Balaban J connectivity index is 1.53. The molecule has 1 aromatic rings. The van der Waals surface area contributed by atoms with Crippen molar-refractivity contribution in [3.63, 3.8) is 0 Å². The van der Waals surface area contributed by atoms with Crippen LogP contribution >= 0.6 is 11.3 Å². The zero-order chi connectivity index (χ0) is 29.0. The number of rotatable bonds is 6. The first-order valence-corrected chi connectivity index (χ1v) is 15.0. The molecule has 3 fully saturated rings. The summed E-state index contributed by atoms with van der Waals surface area (Å²) in [6.45, 7) is 9.56. The first-order valence-electron chi connectivity index (χ1n) is 14.1. The van der Waals surface area contributed by atoms with E-state index in [4.69, 9.17) is 4.74 Å². The number of nitrogens with one attached hydrogen (secondary N) is 2. The van der Waals surface area contributed by atoms with Crippen molar-refractivity contribution in [2.45, 2.75) is 84.8 Å². The monoisotopic (exact) mass is 572 g/mol. The summed E-state index contributed by atoms with van der Waals surface area (Å²) < 4.78 is 5.24. The first kappa shape index (κ1) is 29.9. The van der Waals surface area contributed by atoms with Gasteiger partial charge in [0.25, 0.3) is 5.91 Å². The predicted octanol–water partition coefficient (Wildman–Crippen LogP) is 4.00. The fourth-order valence-corrected chi connectivity index (χ4v) is 6.27. The van der Waals surface area contributed by atoms with Crippen LogP contribution in [0.3, 0.4) is 0 Å². The van der Waals surface area contributed by atoms with E-state index in [0.717, 1.165) is 37.0 Å². The van der Waals surface area contributed by atoms with Crippen LogP contribution < -0.4 is 15.6 Å². The van der Waals surface area contributed by atoms with Gasteiger partial charge < -0.3 is 20.1 Å². The lowest BCUT2D eigenvalue weighted by molar-refractivity contribution is -0.126. The average Bonchev–Trinajstić information content (AvgIpc) is 3.50. The molecule has 2 saturated heterocycles. The molecule has 0 bridgehead atoms. The Hall–Kier alpha value is -3.10. The van der Waals surface area contributed by atoms with E-state index in [2.05, 4.69) is 29.5 Å². The smallest absolute Gasteiger partial charge is 0.422 e. The fraction of sp³-hybridized carbons (Fsp3) is 0.655. The third kappa shape index (κ3) is 7.55. The van der Waals surface area contributed by atoms with Gasteiger partial charge in [-0.05, 0) is 71.3 Å². The molecule has 3 heterocycles. The first-order chi connectivity index (χ1) is 18.9. The van der Waals surface area contributed by atoms with E-state index >= 15 is 0 Å². The van der Waals surface area contributed by atoms with E-state index in [1.807, 2.05) is 20.8 Å². The Morgan fingerprint density at radius 1 is 1.12 bits per heavy atom. The summed E-state index contributed by atoms with van der Waals surface area (Å²) in [7, 11) is 0. The van der Waals surface area contributed by atoms with Crippen LogP contribution in [0.15, 0.2) is 6.07 Å². The van der Waals surface area contributed by atoms with Crippen LogP contribution in [0.2, 0.25) is 0 Å². The Morgan fingerprint density at radius 2 is 1.80 bits per heavy atom. The maximum Gasteiger partial charge on any atom is 0.422 e. The van der Waals surface area contributed by atoms with Gasteiger partial charge in [0.05, 0.1) is 10.6 Å². The number of thiophene rings is 1. The van der Waals surface area contributed by atoms with Crippen LogP contribution in [0.25, 0.3) is 0 Å². The number of amides is 3. The number of ether oxygens (including phenoxy) is 1. The van der Waals surface area contributed by atoms with Crippen LogP contribution in [0.5, 0.6) is 0 Å². The standard InChI is InChI=1S/C29H40N4O6S/c1-18-5-7-19(8-6-18)26(35)33(22-17-21(9-13-29(2,3)4)40-24(22)27(36)37)20-11-15-32(16-12-20)31-28(38)39-23-10-14-30-25(23)34/h17-20,23H,5-8,10-12,14-16H2,1-4H3,(H,30,34)(H,31,38)(H,36,37)/t18-,19-,23-/m1/s1. The fourth-order valence-electron chi connectivity index (χ4n) is 5.43. The summed E-state index contributed by atoms with van der Waals surface area (Å²) >= 11 is 1.11. The zero-order valence-corrected chi connectivity index (χ0v) is 24.6. The maximum atomic E-state index is 14.0. The highest BCUT2D eigenvalue weighted by Crippen LogP contribution is 2.37. The quantitative estimate of drug-likeness (QED) is 0.440. The summed E-state index contributed by atoms with van der Waals surface area (Å²) in [5.41, 5.74) is 2.87. The lowest BCUT2D eigenvalue weighted by atomic mass is 9.82. The molecule has 0 spiro atoms. The predicted molar refractivity (Wildman–Crippen MR) is 152 cm³/mol. The maximum absolute atomic E-state index is 14.0. The molecule has 3 amide bonds. The van der Waals surface area contributed by atoms with Crippen LogP contribution in [0.1, 0.15) is 87.2 Å². The van der Waals surface area contributed by atoms with Crippen molar-refractivity contribution in [2.75, 3.05) is 24.5 Å². The molecule has 0 aromatic carbocycles. The van der Waals surface area contributed by atoms with Gasteiger partial charge in [0.1, 0.15) is 4.88 Å². The second-order valence-electron chi connectivity index (χ2n) is 12.1. The molecule has 0 unspecified atom stereocenters. The normalized spacial score (nSPS) is 24.0. The molecule has 1 aromatic heterocycles. The molecule has 11 heteroatoms. The molecule has 40 heavy (non-hydrogen) atoms. The van der Waals surface area contributed by atoms with Crippen molar-refractivity contribution in [3.8, 4) is 11.8 Å². The van der Waals surface area contributed by atoms with Gasteiger partial charge in [0.15, 0.2) is 6.10 Å². The number of carbonyl (C=O) groups is 4. The molecule has 10 nitrogen and oxygen atoms in total. The van der Waals surface area contributed by atoms with E-state index in [1.54, 1.807) is 16.0 Å². The molecule has 3 aliphatic rings. The minimum absolute atomic E-state index is 0.0272. The molecular weight excluding hydrogens is 532 g/mol. The molecule has 2 aliphatic heterocycles. The number of carboxylic acids is 1. The van der Waals surface area contributed by atoms with Gasteiger partial charge >= 0.3 is 12.1 Å². The van der Waals surface area contributed by atoms with Crippen molar-refractivity contribution in [3.05, 3.63) is 15.8 Å². The van der Waals surface area contributed by atoms with Gasteiger partial charge in [0.2, 0.25) is 5.91 Å². The lowest BCUT2D eigenvalue weighted by Crippen LogP contribution is -2.54. The van der Waals surface area contributed by atoms with E-state index in [0.29, 0.717) is 55.4 Å². The molecule has 3 N–H and O–H groups in total. The third-order valence-electron chi connectivity index (χ3n) is 7.66. The number of hydrogen-bond donors (Lipinski definition) is 3. The van der Waals surface area contributed by atoms with Crippen molar-refractivity contribution in [1.29, 1.82) is 0 Å². The Bertz CT molecular complexity index is 1180. The summed E-state index contributed by atoms with van der Waals surface area (Å²) in [6.07, 6.45) is 3.59. The van der Waals surface area contributed by atoms with Crippen LogP contribution in [-0.2, 0) is 14.3 Å². The van der Waals surface area contributed by atoms with Gasteiger partial charge in [-0.15, -0.1) is 11.3 Å². The Labute approximate surface area is 239 Å². The number of anilines is 1. The largest absolute Gasteiger partial charge is 0.477 e. The average molecular weight is 573 g/mol. The minimum Gasteiger partial charge on any atom is -0.477 e. The molecule has 0 radical (unpaired) electrons. The van der Waals surface area contributed by atoms with Crippen LogP contribution in [0, 0.1) is 29.1 Å². The van der Waals surface area contributed by atoms with Gasteiger partial charge in [-0.25, -0.2) is 14.6 Å². The second kappa shape index (κ2) is 12.6. The zero-order valence-electron chi connectivity index (χ0n) is 23.7. The molecule has 218 valence electrons. The van der Waals surface area contributed by atoms with Gasteiger partial charge in [-0.1, -0.05) is 18.8 Å². The number of carboxylic acid groups (broad SMARTS) is 1. The summed E-state index contributed by atoms with van der Waals surface area (Å²) in [5, 5.41) is 14.4. The minimum atomic E-state index is -1.07. The van der Waals surface area contributed by atoms with E-state index in [9.17, 15) is 24.3 Å². The van der Waals surface area contributed by atoms with Gasteiger partial charge in [0, 0.05) is 43.4 Å². The Kier molecular flexibility index (Phi) is 9.41. The lowest BCUT2D eigenvalue weighted by Gasteiger charge is -2.40. The van der Waals surface area contributed by atoms with Crippen LogP contribution in [-0.4, -0.2) is 65.8 Å². The Morgan fingerprint density at radius 3 is 2.38 bits per heavy atom. The van der Waals surface area contributed by atoms with E-state index < -0.39 is 18.2 Å².